The van der Waals surface area contributed by atoms with Crippen molar-refractivity contribution in [3.63, 3.8) is 0 Å². The van der Waals surface area contributed by atoms with Gasteiger partial charge in [0.1, 0.15) is 29.7 Å². The molecule has 0 atom stereocenters. The van der Waals surface area contributed by atoms with Gasteiger partial charge in [0.2, 0.25) is 17.7 Å². The number of ether oxygens (including phenoxy) is 2. The highest BCUT2D eigenvalue weighted by molar-refractivity contribution is 6.02. The van der Waals surface area contributed by atoms with Crippen molar-refractivity contribution in [3.8, 4) is 33.9 Å². The molecule has 0 bridgehead atoms. The van der Waals surface area contributed by atoms with Gasteiger partial charge < -0.3 is 19.6 Å². The summed E-state index contributed by atoms with van der Waals surface area (Å²) in [5.41, 5.74) is 2.71. The maximum Gasteiger partial charge on any atom is 0.387 e. The molecule has 2 N–H and O–H groups in total. The third-order valence-corrected chi connectivity index (χ3v) is 5.87. The molecule has 4 rings (SSSR count). The van der Waals surface area contributed by atoms with Crippen LogP contribution in [0.15, 0.2) is 39.5 Å². The third kappa shape index (κ3) is 5.22. The first-order valence-electron chi connectivity index (χ1n) is 11.5. The Morgan fingerprint density at radius 1 is 1.08 bits per heavy atom. The number of halogens is 4. The second kappa shape index (κ2) is 10.6. The summed E-state index contributed by atoms with van der Waals surface area (Å²) in [5, 5.41) is 7.83. The fraction of sp³-hybridized carbons (Fsp3) is 0.280. The maximum atomic E-state index is 15.3. The van der Waals surface area contributed by atoms with Crippen LogP contribution in [-0.4, -0.2) is 39.2 Å². The highest BCUT2D eigenvalue weighted by Gasteiger charge is 2.29. The highest BCUT2D eigenvalue weighted by Crippen LogP contribution is 2.38. The summed E-state index contributed by atoms with van der Waals surface area (Å²) in [7, 11) is 2.56. The Bertz CT molecular complexity index is 1590. The molecule has 4 aromatic rings. The summed E-state index contributed by atoms with van der Waals surface area (Å²) in [6.45, 7) is 0.0861. The minimum atomic E-state index is -3.23. The molecule has 0 fully saturated rings. The van der Waals surface area contributed by atoms with Crippen LogP contribution < -0.4 is 20.8 Å². The lowest BCUT2D eigenvalue weighted by molar-refractivity contribution is -0.0498. The summed E-state index contributed by atoms with van der Waals surface area (Å²) in [4.78, 5) is 26.1. The Morgan fingerprint density at radius 3 is 2.28 bits per heavy atom. The van der Waals surface area contributed by atoms with E-state index in [0.717, 1.165) is 39.7 Å². The molecule has 10 nitrogen and oxygen atoms in total. The molecular weight excluding hydrogens is 526 g/mol. The minimum Gasteiger partial charge on any atom is -0.497 e. The average Bonchev–Trinajstić information content (AvgIpc) is 3.42. The van der Waals surface area contributed by atoms with E-state index in [-0.39, 0.29) is 40.9 Å². The van der Waals surface area contributed by atoms with Crippen molar-refractivity contribution in [2.75, 3.05) is 7.11 Å². The van der Waals surface area contributed by atoms with Gasteiger partial charge in [-0.1, -0.05) is 13.8 Å². The molecule has 1 amide bonds. The molecule has 2 aromatic heterocycles. The van der Waals surface area contributed by atoms with Crippen LogP contribution in [0.1, 0.15) is 41.9 Å². The Hall–Kier alpha value is -4.62. The van der Waals surface area contributed by atoms with Gasteiger partial charge in [0.05, 0.1) is 23.9 Å². The maximum absolute atomic E-state index is 15.3. The fourth-order valence-corrected chi connectivity index (χ4v) is 4.06. The SMILES string of the molecule is COc1cc(F)c(-c2c(-c3cc(OC(F)F)ccc3C(N)=O)c(=O)n(Cc3nnc(C(C)C)o3)n2C)c(F)c1. The second-order valence-corrected chi connectivity index (χ2v) is 8.71. The van der Waals surface area contributed by atoms with Crippen molar-refractivity contribution < 1.29 is 36.2 Å². The first-order valence-corrected chi connectivity index (χ1v) is 11.5. The lowest BCUT2D eigenvalue weighted by Gasteiger charge is -2.14. The van der Waals surface area contributed by atoms with E-state index in [2.05, 4.69) is 14.9 Å². The number of amides is 1. The summed E-state index contributed by atoms with van der Waals surface area (Å²) >= 11 is 0. The molecule has 0 spiro atoms. The summed E-state index contributed by atoms with van der Waals surface area (Å²) in [6.07, 6.45) is 0. The second-order valence-electron chi connectivity index (χ2n) is 8.71. The zero-order valence-corrected chi connectivity index (χ0v) is 21.2. The van der Waals surface area contributed by atoms with E-state index in [9.17, 15) is 18.4 Å². The predicted octanol–water partition coefficient (Wildman–Crippen LogP) is 4.06. The number of carbonyl (C=O) groups excluding carboxylic acids is 1. The lowest BCUT2D eigenvalue weighted by Crippen LogP contribution is -2.23. The Kier molecular flexibility index (Phi) is 7.47. The largest absolute Gasteiger partial charge is 0.497 e. The van der Waals surface area contributed by atoms with E-state index in [1.165, 1.54) is 14.2 Å². The molecule has 0 radical (unpaired) electrons. The molecule has 206 valence electrons. The standard InChI is InChI=1S/C25H23F4N5O5/c1-11(2)23-32-31-18(39-23)10-34-24(36)19(15-7-12(38-25(28)29)5-6-14(15)22(30)35)21(33(34)3)20-16(26)8-13(37-4)9-17(20)27/h5-9,11,25H,10H2,1-4H3,(H2,30,35). The Labute approximate surface area is 218 Å². The van der Waals surface area contributed by atoms with Crippen molar-refractivity contribution in [2.24, 2.45) is 12.8 Å². The van der Waals surface area contributed by atoms with Crippen molar-refractivity contribution in [3.05, 3.63) is 69.7 Å². The number of benzene rings is 2. The Balaban J connectivity index is 2.05. The molecule has 0 aliphatic carbocycles. The highest BCUT2D eigenvalue weighted by atomic mass is 19.3. The molecule has 2 aromatic carbocycles. The summed E-state index contributed by atoms with van der Waals surface area (Å²) in [6, 6.07) is 4.91. The molecule has 2 heterocycles. The Morgan fingerprint density at radius 2 is 1.74 bits per heavy atom. The molecule has 0 unspecified atom stereocenters. The number of hydrogen-bond acceptors (Lipinski definition) is 7. The van der Waals surface area contributed by atoms with E-state index in [1.807, 2.05) is 13.8 Å². The monoisotopic (exact) mass is 549 g/mol. The van der Waals surface area contributed by atoms with Gasteiger partial charge in [-0.2, -0.15) is 8.78 Å². The first-order chi connectivity index (χ1) is 18.4. The van der Waals surface area contributed by atoms with Crippen LogP contribution in [0, 0.1) is 11.6 Å². The number of aromatic nitrogens is 4. The minimum absolute atomic E-state index is 0.0140. The number of primary amides is 1. The van der Waals surface area contributed by atoms with Crippen molar-refractivity contribution >= 4 is 5.91 Å². The summed E-state index contributed by atoms with van der Waals surface area (Å²) in [5.74, 6) is -3.56. The van der Waals surface area contributed by atoms with Crippen molar-refractivity contribution in [2.45, 2.75) is 32.9 Å². The average molecular weight is 549 g/mol. The van der Waals surface area contributed by atoms with Gasteiger partial charge in [-0.15, -0.1) is 10.2 Å². The first kappa shape index (κ1) is 27.4. The van der Waals surface area contributed by atoms with Gasteiger partial charge in [-0.25, -0.2) is 13.5 Å². The number of nitrogens with zero attached hydrogens (tertiary/aromatic N) is 4. The molecular formula is C25H23F4N5O5. The normalized spacial score (nSPS) is 11.4. The predicted molar refractivity (Wildman–Crippen MR) is 130 cm³/mol. The van der Waals surface area contributed by atoms with E-state index in [4.69, 9.17) is 14.9 Å². The van der Waals surface area contributed by atoms with Crippen LogP contribution in [0.2, 0.25) is 0 Å². The smallest absolute Gasteiger partial charge is 0.387 e. The van der Waals surface area contributed by atoms with Gasteiger partial charge in [0.25, 0.3) is 5.56 Å². The molecule has 14 heteroatoms. The lowest BCUT2D eigenvalue weighted by atomic mass is 9.95. The molecule has 0 saturated carbocycles. The molecule has 39 heavy (non-hydrogen) atoms. The summed E-state index contributed by atoms with van der Waals surface area (Å²) < 4.78 is 73.7. The van der Waals surface area contributed by atoms with E-state index < -0.39 is 46.6 Å². The van der Waals surface area contributed by atoms with E-state index in [1.54, 1.807) is 0 Å². The van der Waals surface area contributed by atoms with Gasteiger partial charge in [0.15, 0.2) is 0 Å². The van der Waals surface area contributed by atoms with Gasteiger partial charge in [-0.05, 0) is 18.2 Å². The van der Waals surface area contributed by atoms with Gasteiger partial charge in [-0.3, -0.25) is 14.3 Å². The van der Waals surface area contributed by atoms with Crippen LogP contribution in [0.3, 0.4) is 0 Å². The van der Waals surface area contributed by atoms with E-state index in [0.29, 0.717) is 5.89 Å². The molecule has 0 aliphatic heterocycles. The number of alkyl halides is 2. The van der Waals surface area contributed by atoms with Crippen LogP contribution >= 0.6 is 0 Å². The van der Waals surface area contributed by atoms with Gasteiger partial charge in [0, 0.05) is 36.2 Å². The van der Waals surface area contributed by atoms with E-state index >= 15 is 8.78 Å². The van der Waals surface area contributed by atoms with Crippen molar-refractivity contribution in [1.82, 2.24) is 19.6 Å². The van der Waals surface area contributed by atoms with Crippen LogP contribution in [0.25, 0.3) is 22.4 Å². The van der Waals surface area contributed by atoms with Gasteiger partial charge >= 0.3 is 6.61 Å². The zero-order chi connectivity index (χ0) is 28.6. The van der Waals surface area contributed by atoms with Crippen LogP contribution in [0.4, 0.5) is 17.6 Å². The fourth-order valence-electron chi connectivity index (χ4n) is 4.06. The molecule has 0 saturated heterocycles. The molecule has 0 aliphatic rings. The topological polar surface area (TPSA) is 127 Å². The zero-order valence-electron chi connectivity index (χ0n) is 21.2. The number of methoxy groups -OCH3 is 1. The number of carbonyl (C=O) groups is 1. The number of rotatable bonds is 9. The number of hydrogen-bond donors (Lipinski definition) is 1. The van der Waals surface area contributed by atoms with Crippen LogP contribution in [0.5, 0.6) is 11.5 Å². The van der Waals surface area contributed by atoms with Crippen LogP contribution in [-0.2, 0) is 13.6 Å². The third-order valence-electron chi connectivity index (χ3n) is 5.87. The quantitative estimate of drug-likeness (QED) is 0.312. The van der Waals surface area contributed by atoms with Crippen molar-refractivity contribution in [1.29, 1.82) is 0 Å². The number of nitrogens with two attached hydrogens (primary N) is 1.